The Labute approximate surface area is 136 Å². The fraction of sp³-hybridized carbons (Fsp3) is 0.188. The van der Waals surface area contributed by atoms with Crippen molar-refractivity contribution in [2.75, 3.05) is 7.11 Å². The molecule has 0 amide bonds. The molecule has 23 heavy (non-hydrogen) atoms. The molecule has 0 aliphatic rings. The number of nitrogens with zero attached hydrogens (tertiary/aromatic N) is 2. The molecule has 0 saturated carbocycles. The van der Waals surface area contributed by atoms with Gasteiger partial charge in [0.1, 0.15) is 11.6 Å². The van der Waals surface area contributed by atoms with Gasteiger partial charge in [-0.05, 0) is 12.1 Å². The highest BCUT2D eigenvalue weighted by Gasteiger charge is 2.15. The minimum atomic E-state index is -0.594. The predicted molar refractivity (Wildman–Crippen MR) is 84.5 cm³/mol. The van der Waals surface area contributed by atoms with Crippen molar-refractivity contribution in [2.24, 2.45) is 0 Å². The van der Waals surface area contributed by atoms with Crippen molar-refractivity contribution in [2.45, 2.75) is 13.5 Å². The zero-order valence-corrected chi connectivity index (χ0v) is 13.4. The normalized spacial score (nSPS) is 10.5. The molecule has 0 aliphatic carbocycles. The molecule has 1 aromatic carbocycles. The van der Waals surface area contributed by atoms with Crippen molar-refractivity contribution < 1.29 is 18.8 Å². The van der Waals surface area contributed by atoms with Crippen molar-refractivity contribution in [1.29, 1.82) is 0 Å². The van der Waals surface area contributed by atoms with Crippen molar-refractivity contribution in [3.63, 3.8) is 0 Å². The highest BCUT2D eigenvalue weighted by molar-refractivity contribution is 7.15. The summed E-state index contributed by atoms with van der Waals surface area (Å²) in [5, 5.41) is 4.61. The highest BCUT2D eigenvalue weighted by Crippen LogP contribution is 2.28. The minimum absolute atomic E-state index is 0.00229. The molecule has 0 fully saturated rings. The number of aromatic nitrogens is 2. The van der Waals surface area contributed by atoms with E-state index in [1.807, 2.05) is 37.3 Å². The van der Waals surface area contributed by atoms with Gasteiger partial charge in [0.05, 0.1) is 18.9 Å². The van der Waals surface area contributed by atoms with Crippen LogP contribution in [0.4, 0.5) is 0 Å². The Hall–Kier alpha value is -2.67. The molecule has 0 radical (unpaired) electrons. The van der Waals surface area contributed by atoms with Gasteiger partial charge in [0, 0.05) is 10.4 Å². The van der Waals surface area contributed by atoms with Gasteiger partial charge in [0.25, 0.3) is 5.88 Å². The van der Waals surface area contributed by atoms with Crippen molar-refractivity contribution in [1.82, 2.24) is 10.1 Å². The number of hydrogen-bond donors (Lipinski definition) is 0. The van der Waals surface area contributed by atoms with E-state index < -0.39 is 5.97 Å². The number of carbonyl (C=O) groups is 1. The Morgan fingerprint density at radius 1 is 1.30 bits per heavy atom. The molecule has 3 rings (SSSR count). The van der Waals surface area contributed by atoms with Crippen LogP contribution in [0.5, 0.6) is 5.88 Å². The Morgan fingerprint density at radius 2 is 2.09 bits per heavy atom. The number of methoxy groups -OCH3 is 1. The lowest BCUT2D eigenvalue weighted by Gasteiger charge is -1.99. The molecular formula is C16H14N2O4S. The van der Waals surface area contributed by atoms with Gasteiger partial charge in [-0.2, -0.15) is 0 Å². The van der Waals surface area contributed by atoms with Crippen LogP contribution in [0.2, 0.25) is 0 Å². The zero-order valence-electron chi connectivity index (χ0n) is 12.6. The molecule has 0 saturated heterocycles. The van der Waals surface area contributed by atoms with Crippen LogP contribution < -0.4 is 4.74 Å². The first kappa shape index (κ1) is 15.2. The average Bonchev–Trinajstić information content (AvgIpc) is 3.20. The maximum atomic E-state index is 11.3. The van der Waals surface area contributed by atoms with E-state index in [0.717, 1.165) is 21.1 Å². The second-order valence-electron chi connectivity index (χ2n) is 4.70. The Balaban J connectivity index is 1.70. The third-order valence-corrected chi connectivity index (χ3v) is 4.21. The Bertz CT molecular complexity index is 811. The summed E-state index contributed by atoms with van der Waals surface area (Å²) in [7, 11) is 1.27. The van der Waals surface area contributed by atoms with Crippen molar-refractivity contribution in [3.05, 3.63) is 52.7 Å². The first-order chi connectivity index (χ1) is 11.2. The quantitative estimate of drug-likeness (QED) is 0.667. The summed E-state index contributed by atoms with van der Waals surface area (Å²) in [5.74, 6) is -0.370. The van der Waals surface area contributed by atoms with E-state index in [9.17, 15) is 4.79 Å². The van der Waals surface area contributed by atoms with Crippen LogP contribution in [0.25, 0.3) is 10.6 Å². The number of aryl methyl sites for hydroxylation is 1. The number of thiazole rings is 1. The standard InChI is InChI=1S/C16H14N2O4S/c1-10-12(17-15(23-10)11-6-4-3-5-7-11)9-21-14-8-13(22-18-14)16(19)20-2/h3-8H,9H2,1-2H3. The van der Waals surface area contributed by atoms with Gasteiger partial charge in [-0.25, -0.2) is 9.78 Å². The van der Waals surface area contributed by atoms with Gasteiger partial charge in [-0.1, -0.05) is 30.3 Å². The van der Waals surface area contributed by atoms with Gasteiger partial charge < -0.3 is 14.0 Å². The van der Waals surface area contributed by atoms with Crippen LogP contribution in [0.3, 0.4) is 0 Å². The number of ether oxygens (including phenoxy) is 2. The van der Waals surface area contributed by atoms with Crippen LogP contribution >= 0.6 is 11.3 Å². The molecule has 2 heterocycles. The summed E-state index contributed by atoms with van der Waals surface area (Å²) in [6.45, 7) is 2.24. The van der Waals surface area contributed by atoms with Crippen LogP contribution in [-0.4, -0.2) is 23.2 Å². The van der Waals surface area contributed by atoms with Gasteiger partial charge >= 0.3 is 5.97 Å². The van der Waals surface area contributed by atoms with E-state index in [1.54, 1.807) is 11.3 Å². The van der Waals surface area contributed by atoms with Gasteiger partial charge in [0.15, 0.2) is 0 Å². The second-order valence-corrected chi connectivity index (χ2v) is 5.90. The SMILES string of the molecule is COC(=O)c1cc(OCc2nc(-c3ccccc3)sc2C)no1. The molecule has 7 heteroatoms. The Kier molecular flexibility index (Phi) is 4.38. The Morgan fingerprint density at radius 3 is 2.83 bits per heavy atom. The van der Waals surface area contributed by atoms with Crippen LogP contribution in [0.1, 0.15) is 21.1 Å². The molecule has 0 spiro atoms. The van der Waals surface area contributed by atoms with Crippen LogP contribution in [0.15, 0.2) is 40.9 Å². The smallest absolute Gasteiger partial charge is 0.377 e. The van der Waals surface area contributed by atoms with Crippen LogP contribution in [-0.2, 0) is 11.3 Å². The molecule has 0 unspecified atom stereocenters. The average molecular weight is 330 g/mol. The molecule has 0 bridgehead atoms. The van der Waals surface area contributed by atoms with E-state index in [0.29, 0.717) is 0 Å². The summed E-state index contributed by atoms with van der Waals surface area (Å²) in [6.07, 6.45) is 0. The fourth-order valence-electron chi connectivity index (χ4n) is 1.93. The number of benzene rings is 1. The first-order valence-corrected chi connectivity index (χ1v) is 7.68. The molecule has 3 aromatic rings. The number of hydrogen-bond acceptors (Lipinski definition) is 7. The van der Waals surface area contributed by atoms with Crippen LogP contribution in [0, 0.1) is 6.92 Å². The summed E-state index contributed by atoms with van der Waals surface area (Å²) < 4.78 is 14.9. The second kappa shape index (κ2) is 6.62. The monoisotopic (exact) mass is 330 g/mol. The van der Waals surface area contributed by atoms with E-state index in [4.69, 9.17) is 9.26 Å². The number of rotatable bonds is 5. The third-order valence-electron chi connectivity index (χ3n) is 3.15. The minimum Gasteiger partial charge on any atom is -0.469 e. The van der Waals surface area contributed by atoms with Gasteiger partial charge in [0.2, 0.25) is 5.76 Å². The van der Waals surface area contributed by atoms with Gasteiger partial charge in [-0.3, -0.25) is 0 Å². The summed E-state index contributed by atoms with van der Waals surface area (Å²) in [4.78, 5) is 17.0. The summed E-state index contributed by atoms with van der Waals surface area (Å²) in [5.41, 5.74) is 1.90. The third kappa shape index (κ3) is 3.40. The first-order valence-electron chi connectivity index (χ1n) is 6.87. The molecule has 118 valence electrons. The lowest BCUT2D eigenvalue weighted by Crippen LogP contribution is -1.99. The predicted octanol–water partition coefficient (Wildman–Crippen LogP) is 3.47. The zero-order chi connectivity index (χ0) is 16.2. The van der Waals surface area contributed by atoms with Gasteiger partial charge in [-0.15, -0.1) is 11.3 Å². The largest absolute Gasteiger partial charge is 0.469 e. The molecule has 6 nitrogen and oxygen atoms in total. The number of esters is 1. The van der Waals surface area contributed by atoms with E-state index in [-0.39, 0.29) is 18.2 Å². The lowest BCUT2D eigenvalue weighted by atomic mass is 10.2. The van der Waals surface area contributed by atoms with E-state index in [1.165, 1.54) is 13.2 Å². The molecule has 2 aromatic heterocycles. The molecule has 0 atom stereocenters. The van der Waals surface area contributed by atoms with Crippen molar-refractivity contribution >= 4 is 17.3 Å². The summed E-state index contributed by atoms with van der Waals surface area (Å²) in [6, 6.07) is 11.4. The molecular weight excluding hydrogens is 316 g/mol. The maximum absolute atomic E-state index is 11.3. The van der Waals surface area contributed by atoms with E-state index >= 15 is 0 Å². The molecule has 0 aliphatic heterocycles. The number of carbonyl (C=O) groups excluding carboxylic acids is 1. The summed E-state index contributed by atoms with van der Waals surface area (Å²) >= 11 is 1.61. The van der Waals surface area contributed by atoms with Crippen molar-refractivity contribution in [3.8, 4) is 16.5 Å². The lowest BCUT2D eigenvalue weighted by molar-refractivity contribution is 0.0554. The highest BCUT2D eigenvalue weighted by atomic mass is 32.1. The topological polar surface area (TPSA) is 74.5 Å². The fourth-order valence-corrected chi connectivity index (χ4v) is 2.85. The maximum Gasteiger partial charge on any atom is 0.377 e. The molecule has 0 N–H and O–H groups in total. The van der Waals surface area contributed by atoms with E-state index in [2.05, 4.69) is 14.9 Å².